The SMILES string of the molecule is CCCCCCCCCCCOc1ccc(-c2ncc(OC(=O)CCC(C)CC)cn2)cc1. The molecule has 2 aromatic rings. The van der Waals surface area contributed by atoms with Gasteiger partial charge in [0.1, 0.15) is 5.75 Å². The highest BCUT2D eigenvalue weighted by atomic mass is 16.5. The first-order chi connectivity index (χ1) is 16.1. The highest BCUT2D eigenvalue weighted by molar-refractivity contribution is 5.72. The van der Waals surface area contributed by atoms with Crippen molar-refractivity contribution in [2.45, 2.75) is 97.8 Å². The Morgan fingerprint density at radius 3 is 2.06 bits per heavy atom. The first kappa shape index (κ1) is 26.8. The summed E-state index contributed by atoms with van der Waals surface area (Å²) in [5.41, 5.74) is 0.903. The molecule has 182 valence electrons. The Morgan fingerprint density at radius 1 is 0.848 bits per heavy atom. The van der Waals surface area contributed by atoms with Crippen molar-refractivity contribution in [3.05, 3.63) is 36.7 Å². The number of rotatable bonds is 17. The van der Waals surface area contributed by atoms with Crippen molar-refractivity contribution < 1.29 is 14.3 Å². The largest absolute Gasteiger partial charge is 0.494 e. The fraction of sp³-hybridized carbons (Fsp3) is 0.607. The third kappa shape index (κ3) is 11.3. The van der Waals surface area contributed by atoms with Gasteiger partial charge in [-0.25, -0.2) is 9.97 Å². The van der Waals surface area contributed by atoms with Gasteiger partial charge in [0.05, 0.1) is 19.0 Å². The van der Waals surface area contributed by atoms with Gasteiger partial charge in [-0.05, 0) is 43.0 Å². The van der Waals surface area contributed by atoms with Crippen LogP contribution in [0.2, 0.25) is 0 Å². The maximum Gasteiger partial charge on any atom is 0.311 e. The number of carbonyl (C=O) groups excluding carboxylic acids is 1. The lowest BCUT2D eigenvalue weighted by molar-refractivity contribution is -0.134. The quantitative estimate of drug-likeness (QED) is 0.180. The Labute approximate surface area is 200 Å². The molecule has 1 aromatic heterocycles. The van der Waals surface area contributed by atoms with E-state index in [1.807, 2.05) is 24.3 Å². The minimum atomic E-state index is -0.236. The predicted molar refractivity (Wildman–Crippen MR) is 135 cm³/mol. The first-order valence-corrected chi connectivity index (χ1v) is 12.9. The Morgan fingerprint density at radius 2 is 1.45 bits per heavy atom. The molecule has 0 saturated carbocycles. The van der Waals surface area contributed by atoms with Crippen LogP contribution in [0.15, 0.2) is 36.7 Å². The van der Waals surface area contributed by atoms with Crippen LogP contribution in [0.5, 0.6) is 11.5 Å². The van der Waals surface area contributed by atoms with Gasteiger partial charge in [-0.15, -0.1) is 0 Å². The molecule has 1 atom stereocenters. The van der Waals surface area contributed by atoms with Crippen molar-refractivity contribution in [1.82, 2.24) is 9.97 Å². The van der Waals surface area contributed by atoms with Crippen LogP contribution in [-0.4, -0.2) is 22.5 Å². The molecule has 33 heavy (non-hydrogen) atoms. The summed E-state index contributed by atoms with van der Waals surface area (Å²) in [6, 6.07) is 7.82. The Hall–Kier alpha value is -2.43. The molecular formula is C28H42N2O3. The average molecular weight is 455 g/mol. The molecule has 1 aromatic carbocycles. The van der Waals surface area contributed by atoms with Crippen LogP contribution >= 0.6 is 0 Å². The van der Waals surface area contributed by atoms with Gasteiger partial charge in [0.2, 0.25) is 0 Å². The molecule has 0 bridgehead atoms. The van der Waals surface area contributed by atoms with E-state index in [9.17, 15) is 4.79 Å². The minimum absolute atomic E-state index is 0.236. The second-order valence-electron chi connectivity index (χ2n) is 8.97. The number of hydrogen-bond donors (Lipinski definition) is 0. The zero-order valence-electron chi connectivity index (χ0n) is 20.9. The second-order valence-corrected chi connectivity index (χ2v) is 8.97. The normalized spacial score (nSPS) is 11.8. The molecule has 5 heteroatoms. The molecule has 2 rings (SSSR count). The molecule has 0 aliphatic carbocycles. The monoisotopic (exact) mass is 454 g/mol. The van der Waals surface area contributed by atoms with Crippen LogP contribution in [0.3, 0.4) is 0 Å². The van der Waals surface area contributed by atoms with E-state index >= 15 is 0 Å². The van der Waals surface area contributed by atoms with E-state index in [2.05, 4.69) is 30.7 Å². The number of hydrogen-bond acceptors (Lipinski definition) is 5. The highest BCUT2D eigenvalue weighted by Gasteiger charge is 2.09. The number of unbranched alkanes of at least 4 members (excludes halogenated alkanes) is 8. The smallest absolute Gasteiger partial charge is 0.311 e. The van der Waals surface area contributed by atoms with E-state index in [0.717, 1.165) is 37.2 Å². The third-order valence-corrected chi connectivity index (χ3v) is 6.03. The van der Waals surface area contributed by atoms with Gasteiger partial charge in [0, 0.05) is 12.0 Å². The number of carbonyl (C=O) groups is 1. The standard InChI is InChI=1S/C28H42N2O3/c1-4-6-7-8-9-10-11-12-13-20-32-25-17-15-24(16-18-25)28-29-21-26(22-30-28)33-27(31)19-14-23(3)5-2/h15-18,21-23H,4-14,19-20H2,1-3H3. The molecule has 0 spiro atoms. The molecule has 0 amide bonds. The van der Waals surface area contributed by atoms with Crippen LogP contribution in [0, 0.1) is 5.92 Å². The summed E-state index contributed by atoms with van der Waals surface area (Å²) in [6.45, 7) is 7.27. The third-order valence-electron chi connectivity index (χ3n) is 6.03. The number of aromatic nitrogens is 2. The van der Waals surface area contributed by atoms with E-state index in [0.29, 0.717) is 23.9 Å². The topological polar surface area (TPSA) is 61.3 Å². The van der Waals surface area contributed by atoms with Gasteiger partial charge >= 0.3 is 5.97 Å². The van der Waals surface area contributed by atoms with E-state index in [1.165, 1.54) is 51.4 Å². The maximum atomic E-state index is 11.9. The Balaban J connectivity index is 1.66. The molecule has 1 heterocycles. The minimum Gasteiger partial charge on any atom is -0.494 e. The van der Waals surface area contributed by atoms with E-state index < -0.39 is 0 Å². The molecule has 0 fully saturated rings. The van der Waals surface area contributed by atoms with Crippen molar-refractivity contribution in [2.24, 2.45) is 5.92 Å². The summed E-state index contributed by atoms with van der Waals surface area (Å²) < 4.78 is 11.2. The predicted octanol–water partition coefficient (Wildman–Crippen LogP) is 7.78. The molecule has 0 aliphatic rings. The van der Waals surface area contributed by atoms with Gasteiger partial charge in [0.25, 0.3) is 0 Å². The van der Waals surface area contributed by atoms with Crippen molar-refractivity contribution in [3.8, 4) is 22.9 Å². The van der Waals surface area contributed by atoms with Crippen LogP contribution < -0.4 is 9.47 Å². The van der Waals surface area contributed by atoms with Crippen molar-refractivity contribution in [1.29, 1.82) is 0 Å². The average Bonchev–Trinajstić information content (AvgIpc) is 2.84. The molecule has 5 nitrogen and oxygen atoms in total. The van der Waals surface area contributed by atoms with Crippen LogP contribution in [0.25, 0.3) is 11.4 Å². The molecule has 1 unspecified atom stereocenters. The van der Waals surface area contributed by atoms with Crippen LogP contribution in [0.1, 0.15) is 97.8 Å². The van der Waals surface area contributed by atoms with Crippen LogP contribution in [-0.2, 0) is 4.79 Å². The summed E-state index contributed by atoms with van der Waals surface area (Å²) in [7, 11) is 0. The Bertz CT molecular complexity index is 775. The number of ether oxygens (including phenoxy) is 2. The van der Waals surface area contributed by atoms with Crippen molar-refractivity contribution in [3.63, 3.8) is 0 Å². The second kappa shape index (κ2) is 16.2. The summed E-state index contributed by atoms with van der Waals surface area (Å²) in [6.07, 6.45) is 17.2. The van der Waals surface area contributed by atoms with Gasteiger partial charge < -0.3 is 9.47 Å². The van der Waals surface area contributed by atoms with E-state index in [-0.39, 0.29) is 5.97 Å². The van der Waals surface area contributed by atoms with E-state index in [4.69, 9.17) is 9.47 Å². The van der Waals surface area contributed by atoms with E-state index in [1.54, 1.807) is 12.4 Å². The molecular weight excluding hydrogens is 412 g/mol. The lowest BCUT2D eigenvalue weighted by Crippen LogP contribution is -2.10. The summed E-state index contributed by atoms with van der Waals surface area (Å²) >= 11 is 0. The highest BCUT2D eigenvalue weighted by Crippen LogP contribution is 2.21. The number of benzene rings is 1. The van der Waals surface area contributed by atoms with Gasteiger partial charge in [0.15, 0.2) is 11.6 Å². The molecule has 0 radical (unpaired) electrons. The van der Waals surface area contributed by atoms with Gasteiger partial charge in [-0.2, -0.15) is 0 Å². The van der Waals surface area contributed by atoms with Gasteiger partial charge in [-0.3, -0.25) is 4.79 Å². The van der Waals surface area contributed by atoms with Crippen molar-refractivity contribution in [2.75, 3.05) is 6.61 Å². The zero-order chi connectivity index (χ0) is 23.7. The fourth-order valence-electron chi connectivity index (χ4n) is 3.57. The summed E-state index contributed by atoms with van der Waals surface area (Å²) in [5, 5.41) is 0. The zero-order valence-corrected chi connectivity index (χ0v) is 20.9. The van der Waals surface area contributed by atoms with Gasteiger partial charge in [-0.1, -0.05) is 78.6 Å². The van der Waals surface area contributed by atoms with Crippen LogP contribution in [0.4, 0.5) is 0 Å². The lowest BCUT2D eigenvalue weighted by Gasteiger charge is -2.08. The number of nitrogens with zero attached hydrogens (tertiary/aromatic N) is 2. The Kier molecular flexibility index (Phi) is 13.2. The molecule has 0 aliphatic heterocycles. The molecule has 0 saturated heterocycles. The summed E-state index contributed by atoms with van der Waals surface area (Å²) in [4.78, 5) is 20.6. The summed E-state index contributed by atoms with van der Waals surface area (Å²) in [5.74, 6) is 2.13. The van der Waals surface area contributed by atoms with Crippen molar-refractivity contribution >= 4 is 5.97 Å². The molecule has 0 N–H and O–H groups in total. The lowest BCUT2D eigenvalue weighted by atomic mass is 10.0. The first-order valence-electron chi connectivity index (χ1n) is 12.9. The number of esters is 1. The fourth-order valence-corrected chi connectivity index (χ4v) is 3.57. The maximum absolute atomic E-state index is 11.9.